The van der Waals surface area contributed by atoms with E-state index in [1.54, 1.807) is 11.1 Å². The maximum atomic E-state index is 6.47. The average molecular weight is 748 g/mol. The maximum Gasteiger partial charge on any atom is 0.137 e. The Balaban J connectivity index is 0.897. The van der Waals surface area contributed by atoms with Gasteiger partial charge < -0.3 is 9.32 Å². The van der Waals surface area contributed by atoms with Crippen LogP contribution in [0.4, 0.5) is 17.1 Å². The normalized spacial score (nSPS) is 27.1. The Bertz CT molecular complexity index is 3070. The van der Waals surface area contributed by atoms with E-state index in [0.717, 1.165) is 62.7 Å². The van der Waals surface area contributed by atoms with E-state index < -0.39 is 0 Å². The van der Waals surface area contributed by atoms with Crippen molar-refractivity contribution in [2.45, 2.75) is 56.8 Å². The fourth-order valence-electron chi connectivity index (χ4n) is 14.6. The van der Waals surface area contributed by atoms with Crippen LogP contribution in [-0.4, -0.2) is 0 Å². The third-order valence-electron chi connectivity index (χ3n) is 16.8. The van der Waals surface area contributed by atoms with Crippen LogP contribution in [0.3, 0.4) is 0 Å². The molecule has 7 aromatic carbocycles. The first-order chi connectivity index (χ1) is 28.4. The minimum absolute atomic E-state index is 0.0951. The smallest absolute Gasteiger partial charge is 0.137 e. The SMILES string of the molecule is CC1(C)c2ccccc2-c2ccc(N(c3ccc(-c4ccc5c(c4)C4(c6ccccc6-5)C5CC6CC7CC4C7(C6)C5)cc3)c3ccc4c(c3)oc3ccccc34)cc21. The number of benzene rings is 7. The van der Waals surface area contributed by atoms with E-state index in [0.29, 0.717) is 5.41 Å². The van der Waals surface area contributed by atoms with Crippen molar-refractivity contribution in [1.29, 1.82) is 0 Å². The Morgan fingerprint density at radius 2 is 1.12 bits per heavy atom. The van der Waals surface area contributed by atoms with Gasteiger partial charge in [0.05, 0.1) is 0 Å². The van der Waals surface area contributed by atoms with Crippen LogP contribution >= 0.6 is 0 Å². The quantitative estimate of drug-likeness (QED) is 0.178. The first kappa shape index (κ1) is 32.1. The van der Waals surface area contributed by atoms with Crippen LogP contribution in [0.25, 0.3) is 55.3 Å². The van der Waals surface area contributed by atoms with E-state index in [9.17, 15) is 0 Å². The van der Waals surface area contributed by atoms with Gasteiger partial charge in [0.25, 0.3) is 0 Å². The van der Waals surface area contributed by atoms with Gasteiger partial charge in [-0.05, 0) is 165 Å². The van der Waals surface area contributed by atoms with Crippen LogP contribution < -0.4 is 4.90 Å². The summed E-state index contributed by atoms with van der Waals surface area (Å²) in [5.41, 5.74) is 20.2. The lowest BCUT2D eigenvalue weighted by Gasteiger charge is -2.54. The third-order valence-corrected chi connectivity index (χ3v) is 16.8. The molecular weight excluding hydrogens is 703 g/mol. The Kier molecular flexibility index (Phi) is 5.98. The van der Waals surface area contributed by atoms with E-state index in [1.807, 2.05) is 0 Å². The largest absolute Gasteiger partial charge is 0.456 e. The summed E-state index contributed by atoms with van der Waals surface area (Å²) in [5, 5.41) is 2.30. The van der Waals surface area contributed by atoms with Crippen molar-refractivity contribution in [3.63, 3.8) is 0 Å². The molecular formula is C56H45NO. The predicted octanol–water partition coefficient (Wildman–Crippen LogP) is 14.8. The molecule has 0 radical (unpaired) electrons. The van der Waals surface area contributed by atoms with Gasteiger partial charge >= 0.3 is 0 Å². The van der Waals surface area contributed by atoms with Crippen LogP contribution in [0.5, 0.6) is 0 Å². The van der Waals surface area contributed by atoms with E-state index in [4.69, 9.17) is 4.42 Å². The van der Waals surface area contributed by atoms with Gasteiger partial charge in [-0.15, -0.1) is 0 Å². The minimum atomic E-state index is -0.0951. The van der Waals surface area contributed by atoms with E-state index in [1.165, 1.54) is 76.6 Å². The second-order valence-corrected chi connectivity index (χ2v) is 19.4. The number of hydrogen-bond donors (Lipinski definition) is 0. The molecule has 280 valence electrons. The topological polar surface area (TPSA) is 16.4 Å². The Morgan fingerprint density at radius 1 is 0.483 bits per heavy atom. The van der Waals surface area contributed by atoms with Crippen molar-refractivity contribution in [3.8, 4) is 33.4 Å². The molecule has 8 aromatic rings. The number of anilines is 3. The molecule has 1 aromatic heterocycles. The van der Waals surface area contributed by atoms with E-state index in [-0.39, 0.29) is 10.8 Å². The molecule has 4 fully saturated rings. The molecule has 58 heavy (non-hydrogen) atoms. The van der Waals surface area contributed by atoms with Gasteiger partial charge in [0.2, 0.25) is 0 Å². The number of nitrogens with zero attached hydrogens (tertiary/aromatic N) is 1. The highest BCUT2D eigenvalue weighted by molar-refractivity contribution is 6.06. The summed E-state index contributed by atoms with van der Waals surface area (Å²) in [5.74, 6) is 3.49. The fourth-order valence-corrected chi connectivity index (χ4v) is 14.6. The lowest BCUT2D eigenvalue weighted by molar-refractivity contribution is -0.0193. The molecule has 6 aliphatic rings. The molecule has 0 amide bonds. The summed E-state index contributed by atoms with van der Waals surface area (Å²) < 4.78 is 6.47. The highest BCUT2D eigenvalue weighted by Crippen LogP contribution is 2.83. The highest BCUT2D eigenvalue weighted by Gasteiger charge is 2.76. The molecule has 14 rings (SSSR count). The van der Waals surface area contributed by atoms with Gasteiger partial charge in [-0.3, -0.25) is 0 Å². The van der Waals surface area contributed by atoms with Gasteiger partial charge in [0, 0.05) is 44.7 Å². The van der Waals surface area contributed by atoms with Crippen molar-refractivity contribution in [3.05, 3.63) is 174 Å². The molecule has 2 spiro atoms. The predicted molar refractivity (Wildman–Crippen MR) is 237 cm³/mol. The minimum Gasteiger partial charge on any atom is -0.456 e. The van der Waals surface area contributed by atoms with Crippen molar-refractivity contribution in [1.82, 2.24) is 0 Å². The Labute approximate surface area is 340 Å². The zero-order chi connectivity index (χ0) is 38.1. The highest BCUT2D eigenvalue weighted by atomic mass is 16.3. The number of rotatable bonds is 4. The van der Waals surface area contributed by atoms with Crippen molar-refractivity contribution >= 4 is 39.0 Å². The molecule has 1 heterocycles. The van der Waals surface area contributed by atoms with Gasteiger partial charge in [-0.2, -0.15) is 0 Å². The summed E-state index contributed by atoms with van der Waals surface area (Å²) in [6.45, 7) is 4.73. The lowest BCUT2D eigenvalue weighted by atomic mass is 9.49. The number of fused-ring (bicyclic) bond motifs is 15. The molecule has 0 N–H and O–H groups in total. The van der Waals surface area contributed by atoms with Crippen LogP contribution in [-0.2, 0) is 10.8 Å². The zero-order valence-corrected chi connectivity index (χ0v) is 33.1. The summed E-state index contributed by atoms with van der Waals surface area (Å²) in [4.78, 5) is 2.42. The molecule has 2 nitrogen and oxygen atoms in total. The molecule has 3 bridgehead atoms. The monoisotopic (exact) mass is 747 g/mol. The van der Waals surface area contributed by atoms with Gasteiger partial charge in [0.1, 0.15) is 11.2 Å². The summed E-state index contributed by atoms with van der Waals surface area (Å²) in [6.07, 6.45) is 7.30. The van der Waals surface area contributed by atoms with Crippen molar-refractivity contribution in [2.24, 2.45) is 29.1 Å². The molecule has 0 saturated heterocycles. The van der Waals surface area contributed by atoms with Crippen LogP contribution in [0, 0.1) is 29.1 Å². The number of para-hydroxylation sites is 1. The first-order valence-corrected chi connectivity index (χ1v) is 21.7. The van der Waals surface area contributed by atoms with Crippen LogP contribution in [0.1, 0.15) is 68.2 Å². The molecule has 6 aliphatic carbocycles. The second kappa shape index (κ2) is 10.8. The van der Waals surface area contributed by atoms with Crippen LogP contribution in [0.2, 0.25) is 0 Å². The zero-order valence-electron chi connectivity index (χ0n) is 33.1. The average Bonchev–Trinajstić information content (AvgIpc) is 3.94. The summed E-state index contributed by atoms with van der Waals surface area (Å²) in [7, 11) is 0. The van der Waals surface area contributed by atoms with Gasteiger partial charge in [0.15, 0.2) is 0 Å². The molecule has 2 heteroatoms. The molecule has 4 saturated carbocycles. The van der Waals surface area contributed by atoms with Gasteiger partial charge in [-0.1, -0.05) is 111 Å². The fraction of sp³-hybridized carbons (Fsp3) is 0.250. The summed E-state index contributed by atoms with van der Waals surface area (Å²) >= 11 is 0. The molecule has 0 aliphatic heterocycles. The lowest BCUT2D eigenvalue weighted by Crippen LogP contribution is -2.50. The molecule has 6 unspecified atom stereocenters. The standard InChI is InChI=1S/C56H45NO/c1-54(2)47-12-6-3-9-41(47)43-23-20-39(29-49(43)54)57(40-21-24-46-45-11-5-8-14-51(45)58-52(46)30-40)38-18-15-34(16-19-38)35-17-22-44-42-10-4-7-13-48(42)56(50(44)27-35)37-26-33-25-36-28-53(56)55(36,31-33)32-37/h3-24,27,29-30,33,36-37,53H,25-26,28,31-32H2,1-2H3. The third kappa shape index (κ3) is 3.82. The van der Waals surface area contributed by atoms with E-state index in [2.05, 4.69) is 170 Å². The van der Waals surface area contributed by atoms with E-state index >= 15 is 0 Å². The number of hydrogen-bond acceptors (Lipinski definition) is 2. The van der Waals surface area contributed by atoms with Crippen molar-refractivity contribution in [2.75, 3.05) is 4.90 Å². The van der Waals surface area contributed by atoms with Crippen LogP contribution in [0.15, 0.2) is 156 Å². The first-order valence-electron chi connectivity index (χ1n) is 21.7. The van der Waals surface area contributed by atoms with Crippen molar-refractivity contribution < 1.29 is 4.42 Å². The Morgan fingerprint density at radius 3 is 2.00 bits per heavy atom. The summed E-state index contributed by atoms with van der Waals surface area (Å²) in [6, 6.07) is 57.5. The Hall–Kier alpha value is -5.86. The number of furan rings is 1. The second-order valence-electron chi connectivity index (χ2n) is 19.4. The van der Waals surface area contributed by atoms with Gasteiger partial charge in [-0.25, -0.2) is 0 Å². The maximum absolute atomic E-state index is 6.47. The molecule has 6 atom stereocenters.